The number of likely N-dealkylation sites (tertiary alicyclic amines) is 1. The van der Waals surface area contributed by atoms with Crippen LogP contribution in [0.5, 0.6) is 0 Å². The maximum atomic E-state index is 12.2. The monoisotopic (exact) mass is 319 g/mol. The van der Waals surface area contributed by atoms with Crippen molar-refractivity contribution in [2.24, 2.45) is 5.92 Å². The molecule has 1 fully saturated rings. The van der Waals surface area contributed by atoms with Crippen molar-refractivity contribution in [2.45, 2.75) is 59.2 Å². The lowest BCUT2D eigenvalue weighted by atomic mass is 9.88. The van der Waals surface area contributed by atoms with Crippen LogP contribution in [-0.2, 0) is 11.2 Å². The average molecular weight is 319 g/mol. The number of carbonyl (C=O) groups is 1. The second-order valence-electron chi connectivity index (χ2n) is 7.74. The lowest BCUT2D eigenvalue weighted by Gasteiger charge is -2.37. The van der Waals surface area contributed by atoms with Crippen LogP contribution in [0.15, 0.2) is 18.2 Å². The Morgan fingerprint density at radius 2 is 1.87 bits per heavy atom. The van der Waals surface area contributed by atoms with E-state index in [0.717, 1.165) is 6.42 Å². The molecule has 1 aromatic rings. The minimum absolute atomic E-state index is 0.0532. The standard InChI is InChI=1S/C19H29NO3/c1-13-8-14(2)10-15(9-13)11-16-12-20(7-6-17(16)21)18(22)23-19(3,4)5/h8-10,16-17,21H,6-7,11-12H2,1-5H3. The molecule has 2 rings (SSSR count). The fraction of sp³-hybridized carbons (Fsp3) is 0.632. The summed E-state index contributed by atoms with van der Waals surface area (Å²) in [5.74, 6) is 0.0532. The Morgan fingerprint density at radius 3 is 2.43 bits per heavy atom. The predicted molar refractivity (Wildman–Crippen MR) is 91.5 cm³/mol. The highest BCUT2D eigenvalue weighted by molar-refractivity contribution is 5.68. The summed E-state index contributed by atoms with van der Waals surface area (Å²) in [5, 5.41) is 10.3. The van der Waals surface area contributed by atoms with Gasteiger partial charge < -0.3 is 14.7 Å². The first-order valence-corrected chi connectivity index (χ1v) is 8.37. The summed E-state index contributed by atoms with van der Waals surface area (Å²) < 4.78 is 5.45. The first-order chi connectivity index (χ1) is 10.6. The van der Waals surface area contributed by atoms with Gasteiger partial charge in [0.1, 0.15) is 5.60 Å². The van der Waals surface area contributed by atoms with Crippen LogP contribution >= 0.6 is 0 Å². The third-order valence-corrected chi connectivity index (χ3v) is 4.12. The average Bonchev–Trinajstić information content (AvgIpc) is 2.38. The van der Waals surface area contributed by atoms with E-state index in [1.807, 2.05) is 20.8 Å². The smallest absolute Gasteiger partial charge is 0.410 e. The van der Waals surface area contributed by atoms with E-state index < -0.39 is 5.60 Å². The third-order valence-electron chi connectivity index (χ3n) is 4.12. The highest BCUT2D eigenvalue weighted by Crippen LogP contribution is 2.24. The Hall–Kier alpha value is -1.55. The number of benzene rings is 1. The summed E-state index contributed by atoms with van der Waals surface area (Å²) in [6.07, 6.45) is 0.738. The molecule has 1 aromatic carbocycles. The van der Waals surface area contributed by atoms with Crippen molar-refractivity contribution in [1.29, 1.82) is 0 Å². The van der Waals surface area contributed by atoms with E-state index >= 15 is 0 Å². The summed E-state index contributed by atoms with van der Waals surface area (Å²) in [6.45, 7) is 10.9. The number of piperidine rings is 1. The molecular weight excluding hydrogens is 290 g/mol. The molecule has 1 aliphatic rings. The van der Waals surface area contributed by atoms with E-state index in [4.69, 9.17) is 4.74 Å². The van der Waals surface area contributed by atoms with Crippen LogP contribution in [0.25, 0.3) is 0 Å². The molecule has 2 unspecified atom stereocenters. The normalized spacial score (nSPS) is 22.1. The second kappa shape index (κ2) is 6.91. The maximum absolute atomic E-state index is 12.2. The molecule has 0 aromatic heterocycles. The number of hydrogen-bond acceptors (Lipinski definition) is 3. The quantitative estimate of drug-likeness (QED) is 0.908. The number of ether oxygens (including phenoxy) is 1. The molecule has 128 valence electrons. The van der Waals surface area contributed by atoms with Crippen LogP contribution in [0.3, 0.4) is 0 Å². The summed E-state index contributed by atoms with van der Waals surface area (Å²) >= 11 is 0. The minimum atomic E-state index is -0.490. The lowest BCUT2D eigenvalue weighted by molar-refractivity contribution is -0.00824. The molecule has 1 saturated heterocycles. The fourth-order valence-electron chi connectivity index (χ4n) is 3.20. The van der Waals surface area contributed by atoms with Gasteiger partial charge in [0.05, 0.1) is 6.10 Å². The van der Waals surface area contributed by atoms with Crippen LogP contribution in [0.2, 0.25) is 0 Å². The molecule has 1 N–H and O–H groups in total. The van der Waals surface area contributed by atoms with Crippen LogP contribution in [0.4, 0.5) is 4.79 Å². The van der Waals surface area contributed by atoms with Gasteiger partial charge in [-0.3, -0.25) is 0 Å². The predicted octanol–water partition coefficient (Wildman–Crippen LogP) is 3.46. The Morgan fingerprint density at radius 1 is 1.26 bits per heavy atom. The first-order valence-electron chi connectivity index (χ1n) is 8.37. The Kier molecular flexibility index (Phi) is 5.35. The molecular formula is C19H29NO3. The number of aliphatic hydroxyl groups excluding tert-OH is 1. The Balaban J connectivity index is 2.04. The summed E-state index contributed by atoms with van der Waals surface area (Å²) in [5.41, 5.74) is 3.19. The van der Waals surface area contributed by atoms with Crippen molar-refractivity contribution in [1.82, 2.24) is 4.90 Å². The SMILES string of the molecule is Cc1cc(C)cc(CC2CN(C(=O)OC(C)(C)C)CCC2O)c1. The molecule has 1 amide bonds. The number of hydrogen-bond donors (Lipinski definition) is 1. The van der Waals surface area contributed by atoms with Crippen LogP contribution < -0.4 is 0 Å². The summed E-state index contributed by atoms with van der Waals surface area (Å²) in [7, 11) is 0. The Bertz CT molecular complexity index is 542. The van der Waals surface area contributed by atoms with Crippen LogP contribution in [0.1, 0.15) is 43.9 Å². The molecule has 0 saturated carbocycles. The molecule has 2 atom stereocenters. The van der Waals surface area contributed by atoms with Crippen molar-refractivity contribution < 1.29 is 14.6 Å². The van der Waals surface area contributed by atoms with E-state index in [1.165, 1.54) is 16.7 Å². The first kappa shape index (κ1) is 17.8. The molecule has 1 heterocycles. The van der Waals surface area contributed by atoms with Gasteiger partial charge in [-0.2, -0.15) is 0 Å². The number of rotatable bonds is 2. The number of amides is 1. The van der Waals surface area contributed by atoms with Gasteiger partial charge in [0, 0.05) is 19.0 Å². The number of nitrogens with zero attached hydrogens (tertiary/aromatic N) is 1. The highest BCUT2D eigenvalue weighted by atomic mass is 16.6. The van der Waals surface area contributed by atoms with Gasteiger partial charge in [0.15, 0.2) is 0 Å². The highest BCUT2D eigenvalue weighted by Gasteiger charge is 2.32. The van der Waals surface area contributed by atoms with E-state index in [9.17, 15) is 9.90 Å². The van der Waals surface area contributed by atoms with E-state index in [-0.39, 0.29) is 18.1 Å². The van der Waals surface area contributed by atoms with Gasteiger partial charge in [-0.15, -0.1) is 0 Å². The zero-order valence-electron chi connectivity index (χ0n) is 14.9. The van der Waals surface area contributed by atoms with Crippen LogP contribution in [-0.4, -0.2) is 40.9 Å². The lowest BCUT2D eigenvalue weighted by Crippen LogP contribution is -2.48. The molecule has 0 aliphatic carbocycles. The molecule has 1 aliphatic heterocycles. The number of aliphatic hydroxyl groups is 1. The number of aryl methyl sites for hydroxylation is 2. The molecule has 0 bridgehead atoms. The van der Waals surface area contributed by atoms with Crippen molar-refractivity contribution >= 4 is 6.09 Å². The van der Waals surface area contributed by atoms with Crippen molar-refractivity contribution in [3.63, 3.8) is 0 Å². The largest absolute Gasteiger partial charge is 0.444 e. The van der Waals surface area contributed by atoms with E-state index in [2.05, 4.69) is 32.0 Å². The van der Waals surface area contributed by atoms with Crippen molar-refractivity contribution in [3.8, 4) is 0 Å². The third kappa shape index (κ3) is 5.24. The summed E-state index contributed by atoms with van der Waals surface area (Å²) in [6, 6.07) is 6.46. The summed E-state index contributed by atoms with van der Waals surface area (Å²) in [4.78, 5) is 14.0. The zero-order chi connectivity index (χ0) is 17.2. The van der Waals surface area contributed by atoms with Gasteiger partial charge >= 0.3 is 6.09 Å². The van der Waals surface area contributed by atoms with Gasteiger partial charge in [-0.1, -0.05) is 29.3 Å². The van der Waals surface area contributed by atoms with Crippen LogP contribution in [0, 0.1) is 19.8 Å². The van der Waals surface area contributed by atoms with E-state index in [0.29, 0.717) is 19.5 Å². The second-order valence-corrected chi connectivity index (χ2v) is 7.74. The fourth-order valence-corrected chi connectivity index (χ4v) is 3.20. The topological polar surface area (TPSA) is 49.8 Å². The van der Waals surface area contributed by atoms with Gasteiger partial charge in [-0.05, 0) is 53.0 Å². The van der Waals surface area contributed by atoms with Crippen molar-refractivity contribution in [3.05, 3.63) is 34.9 Å². The van der Waals surface area contributed by atoms with E-state index in [1.54, 1.807) is 4.90 Å². The zero-order valence-corrected chi connectivity index (χ0v) is 14.9. The molecule has 0 spiro atoms. The molecule has 0 radical (unpaired) electrons. The van der Waals surface area contributed by atoms with Gasteiger partial charge in [-0.25, -0.2) is 4.79 Å². The van der Waals surface area contributed by atoms with Gasteiger partial charge in [0.25, 0.3) is 0 Å². The number of carbonyl (C=O) groups excluding carboxylic acids is 1. The minimum Gasteiger partial charge on any atom is -0.444 e. The molecule has 23 heavy (non-hydrogen) atoms. The maximum Gasteiger partial charge on any atom is 0.410 e. The molecule has 4 heteroatoms. The molecule has 4 nitrogen and oxygen atoms in total. The Labute approximate surface area is 139 Å². The van der Waals surface area contributed by atoms with Crippen molar-refractivity contribution in [2.75, 3.05) is 13.1 Å². The van der Waals surface area contributed by atoms with Gasteiger partial charge in [0.2, 0.25) is 0 Å².